The molecular formula is C14H19Cl2NO3. The maximum atomic E-state index is 11.6. The molecule has 1 unspecified atom stereocenters. The third kappa shape index (κ3) is 5.57. The zero-order valence-electron chi connectivity index (χ0n) is 11.7. The zero-order chi connectivity index (χ0) is 15.3. The number of alkyl carbamates (subject to hydrolysis) is 1. The molecule has 4 nitrogen and oxygen atoms in total. The summed E-state index contributed by atoms with van der Waals surface area (Å²) >= 11 is 11.8. The van der Waals surface area contributed by atoms with Crippen LogP contribution >= 0.6 is 23.2 Å². The first-order chi connectivity index (χ1) is 9.23. The van der Waals surface area contributed by atoms with E-state index in [-0.39, 0.29) is 19.1 Å². The number of ether oxygens (including phenoxy) is 1. The van der Waals surface area contributed by atoms with Crippen LogP contribution in [-0.4, -0.2) is 30.0 Å². The summed E-state index contributed by atoms with van der Waals surface area (Å²) in [5.41, 5.74) is 0.250. The van der Waals surface area contributed by atoms with Gasteiger partial charge in [-0.1, -0.05) is 29.3 Å². The van der Waals surface area contributed by atoms with Crippen molar-refractivity contribution in [3.8, 4) is 0 Å². The molecule has 1 atom stereocenters. The van der Waals surface area contributed by atoms with Crippen molar-refractivity contribution < 1.29 is 14.6 Å². The minimum absolute atomic E-state index is 0.117. The van der Waals surface area contributed by atoms with E-state index in [1.54, 1.807) is 39.0 Å². The van der Waals surface area contributed by atoms with Gasteiger partial charge in [0.1, 0.15) is 5.60 Å². The predicted octanol–water partition coefficient (Wildman–Crippen LogP) is 3.59. The Hall–Kier alpha value is -0.970. The summed E-state index contributed by atoms with van der Waals surface area (Å²) in [6.45, 7) is 5.50. The number of rotatable bonds is 4. The minimum Gasteiger partial charge on any atom is -0.444 e. The number of aliphatic hydroxyl groups excluding tert-OH is 1. The molecule has 1 amide bonds. The van der Waals surface area contributed by atoms with Crippen LogP contribution in [0.25, 0.3) is 0 Å². The van der Waals surface area contributed by atoms with Crippen LogP contribution in [0.5, 0.6) is 0 Å². The predicted molar refractivity (Wildman–Crippen MR) is 80.5 cm³/mol. The van der Waals surface area contributed by atoms with Gasteiger partial charge in [-0.15, -0.1) is 0 Å². The van der Waals surface area contributed by atoms with E-state index in [4.69, 9.17) is 27.9 Å². The molecule has 1 aromatic carbocycles. The summed E-state index contributed by atoms with van der Waals surface area (Å²) in [4.78, 5) is 11.6. The van der Waals surface area contributed by atoms with Crippen LogP contribution in [0.4, 0.5) is 4.79 Å². The third-order valence-electron chi connectivity index (χ3n) is 2.53. The summed E-state index contributed by atoms with van der Waals surface area (Å²) in [6.07, 6.45) is -0.518. The Morgan fingerprint density at radius 2 is 2.00 bits per heavy atom. The van der Waals surface area contributed by atoms with Gasteiger partial charge in [-0.3, -0.25) is 0 Å². The lowest BCUT2D eigenvalue weighted by Crippen LogP contribution is -2.35. The number of carbonyl (C=O) groups excluding carboxylic acids is 1. The number of carbonyl (C=O) groups is 1. The van der Waals surface area contributed by atoms with Gasteiger partial charge in [0.15, 0.2) is 0 Å². The Morgan fingerprint density at radius 3 is 2.50 bits per heavy atom. The second-order valence-electron chi connectivity index (χ2n) is 5.44. The highest BCUT2D eigenvalue weighted by Gasteiger charge is 2.18. The minimum atomic E-state index is -0.553. The van der Waals surface area contributed by atoms with Crippen LogP contribution in [0.1, 0.15) is 32.3 Å². The highest BCUT2D eigenvalue weighted by atomic mass is 35.5. The summed E-state index contributed by atoms with van der Waals surface area (Å²) in [5, 5.41) is 12.9. The molecule has 0 radical (unpaired) electrons. The zero-order valence-corrected chi connectivity index (χ0v) is 13.3. The molecule has 0 heterocycles. The van der Waals surface area contributed by atoms with E-state index in [1.165, 1.54) is 0 Å². The van der Waals surface area contributed by atoms with Gasteiger partial charge in [-0.2, -0.15) is 0 Å². The van der Waals surface area contributed by atoms with E-state index in [2.05, 4.69) is 5.32 Å². The molecule has 6 heteroatoms. The van der Waals surface area contributed by atoms with Gasteiger partial charge in [0.25, 0.3) is 0 Å². The standard InChI is InChI=1S/C14H19Cl2NO3/c1-14(2,3)20-13(19)17-7-10(8-18)9-4-5-11(15)12(16)6-9/h4-6,10,18H,7-8H2,1-3H3,(H,17,19). The van der Waals surface area contributed by atoms with Crippen molar-refractivity contribution in [2.75, 3.05) is 13.2 Å². The average Bonchev–Trinajstić information content (AvgIpc) is 2.32. The van der Waals surface area contributed by atoms with Crippen molar-refractivity contribution in [3.63, 3.8) is 0 Å². The first kappa shape index (κ1) is 17.1. The van der Waals surface area contributed by atoms with Gasteiger partial charge < -0.3 is 15.2 Å². The van der Waals surface area contributed by atoms with Gasteiger partial charge in [0.2, 0.25) is 0 Å². The Kier molecular flexibility index (Phi) is 6.11. The molecule has 2 N–H and O–H groups in total. The number of hydrogen-bond donors (Lipinski definition) is 2. The smallest absolute Gasteiger partial charge is 0.407 e. The molecule has 0 spiro atoms. The van der Waals surface area contributed by atoms with E-state index in [0.29, 0.717) is 10.0 Å². The summed E-state index contributed by atoms with van der Waals surface area (Å²) < 4.78 is 5.13. The fraction of sp³-hybridized carbons (Fsp3) is 0.500. The van der Waals surface area contributed by atoms with Gasteiger partial charge >= 0.3 is 6.09 Å². The molecule has 20 heavy (non-hydrogen) atoms. The number of halogens is 2. The Labute approximate surface area is 129 Å². The second kappa shape index (κ2) is 7.16. The Morgan fingerprint density at radius 1 is 1.35 bits per heavy atom. The molecule has 0 aliphatic heterocycles. The molecule has 0 saturated heterocycles. The van der Waals surface area contributed by atoms with Gasteiger partial charge in [-0.25, -0.2) is 4.79 Å². The van der Waals surface area contributed by atoms with E-state index in [0.717, 1.165) is 5.56 Å². The molecule has 0 saturated carbocycles. The van der Waals surface area contributed by atoms with Crippen LogP contribution in [0.15, 0.2) is 18.2 Å². The lowest BCUT2D eigenvalue weighted by molar-refractivity contribution is 0.0521. The second-order valence-corrected chi connectivity index (χ2v) is 6.25. The monoisotopic (exact) mass is 319 g/mol. The highest BCUT2D eigenvalue weighted by Crippen LogP contribution is 2.26. The maximum Gasteiger partial charge on any atom is 0.407 e. The molecule has 1 aromatic rings. The molecule has 0 aliphatic rings. The van der Waals surface area contributed by atoms with E-state index in [9.17, 15) is 9.90 Å². The normalized spacial score (nSPS) is 12.9. The average molecular weight is 320 g/mol. The van der Waals surface area contributed by atoms with E-state index < -0.39 is 11.7 Å². The summed E-state index contributed by atoms with van der Waals surface area (Å²) in [5.74, 6) is -0.266. The molecule has 1 rings (SSSR count). The summed E-state index contributed by atoms with van der Waals surface area (Å²) in [6, 6.07) is 5.11. The molecule has 112 valence electrons. The van der Waals surface area contributed by atoms with Crippen molar-refractivity contribution in [1.82, 2.24) is 5.32 Å². The van der Waals surface area contributed by atoms with E-state index >= 15 is 0 Å². The lowest BCUT2D eigenvalue weighted by atomic mass is 10.0. The van der Waals surface area contributed by atoms with Crippen molar-refractivity contribution in [3.05, 3.63) is 33.8 Å². The Bertz CT molecular complexity index is 472. The van der Waals surface area contributed by atoms with Crippen LogP contribution in [0.2, 0.25) is 10.0 Å². The van der Waals surface area contributed by atoms with Gasteiger partial charge in [0, 0.05) is 12.5 Å². The highest BCUT2D eigenvalue weighted by molar-refractivity contribution is 6.42. The quantitative estimate of drug-likeness (QED) is 0.891. The van der Waals surface area contributed by atoms with Gasteiger partial charge in [-0.05, 0) is 38.5 Å². The Balaban J connectivity index is 2.63. The SMILES string of the molecule is CC(C)(C)OC(=O)NCC(CO)c1ccc(Cl)c(Cl)c1. The van der Waals surface area contributed by atoms with Crippen LogP contribution in [0, 0.1) is 0 Å². The van der Waals surface area contributed by atoms with Crippen molar-refractivity contribution in [2.24, 2.45) is 0 Å². The molecule has 0 aromatic heterocycles. The summed E-state index contributed by atoms with van der Waals surface area (Å²) in [7, 11) is 0. The molecule has 0 fully saturated rings. The van der Waals surface area contributed by atoms with E-state index in [1.807, 2.05) is 0 Å². The molecular weight excluding hydrogens is 301 g/mol. The largest absolute Gasteiger partial charge is 0.444 e. The molecule has 0 aliphatic carbocycles. The number of amides is 1. The number of nitrogens with one attached hydrogen (secondary N) is 1. The number of benzene rings is 1. The fourth-order valence-electron chi connectivity index (χ4n) is 1.57. The van der Waals surface area contributed by atoms with Crippen LogP contribution in [0.3, 0.4) is 0 Å². The fourth-order valence-corrected chi connectivity index (χ4v) is 1.88. The maximum absolute atomic E-state index is 11.6. The molecule has 0 bridgehead atoms. The first-order valence-corrected chi connectivity index (χ1v) is 7.01. The first-order valence-electron chi connectivity index (χ1n) is 6.25. The van der Waals surface area contributed by atoms with Crippen LogP contribution in [-0.2, 0) is 4.74 Å². The number of hydrogen-bond acceptors (Lipinski definition) is 3. The number of aliphatic hydroxyl groups is 1. The van der Waals surface area contributed by atoms with Gasteiger partial charge in [0.05, 0.1) is 16.7 Å². The van der Waals surface area contributed by atoms with Crippen molar-refractivity contribution >= 4 is 29.3 Å². The third-order valence-corrected chi connectivity index (χ3v) is 3.27. The topological polar surface area (TPSA) is 58.6 Å². The van der Waals surface area contributed by atoms with Crippen LogP contribution < -0.4 is 5.32 Å². The van der Waals surface area contributed by atoms with Crippen molar-refractivity contribution in [1.29, 1.82) is 0 Å². The van der Waals surface area contributed by atoms with Crippen molar-refractivity contribution in [2.45, 2.75) is 32.3 Å². The lowest BCUT2D eigenvalue weighted by Gasteiger charge is -2.21.